The molecule has 0 unspecified atom stereocenters. The van der Waals surface area contributed by atoms with E-state index in [1.807, 2.05) is 0 Å². The summed E-state index contributed by atoms with van der Waals surface area (Å²) in [6, 6.07) is 0.156. The second kappa shape index (κ2) is 9.78. The van der Waals surface area contributed by atoms with E-state index in [0.29, 0.717) is 0 Å². The van der Waals surface area contributed by atoms with E-state index in [1.165, 1.54) is 51.4 Å². The molecular formula is C16H33NO2S. The standard InChI is InChI=1S/C16H33NO2S/c1-15(2)20(18,19)17-16-13-11-9-7-5-3-4-6-8-10-12-14-16/h15-17H,3-14H2,1-2H3. The van der Waals surface area contributed by atoms with Crippen molar-refractivity contribution in [2.45, 2.75) is 102 Å². The maximum atomic E-state index is 12.0. The van der Waals surface area contributed by atoms with Gasteiger partial charge in [-0.3, -0.25) is 0 Å². The quantitative estimate of drug-likeness (QED) is 0.841. The summed E-state index contributed by atoms with van der Waals surface area (Å²) in [5.41, 5.74) is 0. The Bertz CT molecular complexity index is 324. The first kappa shape index (κ1) is 18.0. The van der Waals surface area contributed by atoms with Crippen LogP contribution in [0.2, 0.25) is 0 Å². The van der Waals surface area contributed by atoms with Gasteiger partial charge in [0.15, 0.2) is 0 Å². The Morgan fingerprint density at radius 3 is 1.45 bits per heavy atom. The molecule has 3 nitrogen and oxygen atoms in total. The molecule has 1 fully saturated rings. The molecule has 0 atom stereocenters. The van der Waals surface area contributed by atoms with Gasteiger partial charge in [-0.1, -0.05) is 64.2 Å². The Kier molecular flexibility index (Phi) is 8.78. The number of rotatable bonds is 3. The highest BCUT2D eigenvalue weighted by Crippen LogP contribution is 2.17. The minimum Gasteiger partial charge on any atom is -0.212 e. The summed E-state index contributed by atoms with van der Waals surface area (Å²) in [6.45, 7) is 3.50. The summed E-state index contributed by atoms with van der Waals surface area (Å²) in [5.74, 6) is 0. The predicted molar refractivity (Wildman–Crippen MR) is 86.4 cm³/mol. The van der Waals surface area contributed by atoms with Gasteiger partial charge in [0, 0.05) is 6.04 Å². The Balaban J connectivity index is 2.47. The van der Waals surface area contributed by atoms with Crippen LogP contribution < -0.4 is 4.72 Å². The monoisotopic (exact) mass is 303 g/mol. The van der Waals surface area contributed by atoms with Crippen molar-refractivity contribution in [3.05, 3.63) is 0 Å². The van der Waals surface area contributed by atoms with Crippen LogP contribution >= 0.6 is 0 Å². The normalized spacial score (nSPS) is 21.9. The van der Waals surface area contributed by atoms with Gasteiger partial charge in [-0.15, -0.1) is 0 Å². The Hall–Kier alpha value is -0.0900. The molecule has 0 aromatic rings. The van der Waals surface area contributed by atoms with E-state index in [4.69, 9.17) is 0 Å². The lowest BCUT2D eigenvalue weighted by Gasteiger charge is -2.20. The van der Waals surface area contributed by atoms with Crippen molar-refractivity contribution < 1.29 is 8.42 Å². The molecule has 0 amide bonds. The summed E-state index contributed by atoms with van der Waals surface area (Å²) in [7, 11) is -3.12. The van der Waals surface area contributed by atoms with E-state index in [1.54, 1.807) is 13.8 Å². The molecule has 1 N–H and O–H groups in total. The summed E-state index contributed by atoms with van der Waals surface area (Å²) in [4.78, 5) is 0. The molecule has 120 valence electrons. The van der Waals surface area contributed by atoms with Gasteiger partial charge in [0.25, 0.3) is 0 Å². The maximum Gasteiger partial charge on any atom is 0.214 e. The molecule has 0 aromatic carbocycles. The van der Waals surface area contributed by atoms with Gasteiger partial charge in [0.2, 0.25) is 10.0 Å². The third-order valence-electron chi connectivity index (χ3n) is 4.31. The van der Waals surface area contributed by atoms with E-state index in [2.05, 4.69) is 4.72 Å². The van der Waals surface area contributed by atoms with Crippen molar-refractivity contribution in [1.29, 1.82) is 0 Å². The van der Waals surface area contributed by atoms with Gasteiger partial charge in [-0.2, -0.15) is 0 Å². The molecule has 0 heterocycles. The third kappa shape index (κ3) is 7.63. The fourth-order valence-electron chi connectivity index (χ4n) is 2.83. The van der Waals surface area contributed by atoms with Crippen molar-refractivity contribution in [3.63, 3.8) is 0 Å². The van der Waals surface area contributed by atoms with Crippen LogP contribution in [0.25, 0.3) is 0 Å². The first-order valence-corrected chi connectivity index (χ1v) is 10.1. The molecule has 0 bridgehead atoms. The van der Waals surface area contributed by atoms with E-state index >= 15 is 0 Å². The molecule has 1 saturated carbocycles. The van der Waals surface area contributed by atoms with Gasteiger partial charge >= 0.3 is 0 Å². The van der Waals surface area contributed by atoms with E-state index in [-0.39, 0.29) is 11.3 Å². The summed E-state index contributed by atoms with van der Waals surface area (Å²) >= 11 is 0. The summed E-state index contributed by atoms with van der Waals surface area (Å²) in [6.07, 6.45) is 14.9. The Labute approximate surface area is 126 Å². The van der Waals surface area contributed by atoms with Crippen LogP contribution in [0, 0.1) is 0 Å². The fraction of sp³-hybridized carbons (Fsp3) is 1.00. The van der Waals surface area contributed by atoms with Crippen LogP contribution in [0.3, 0.4) is 0 Å². The molecular weight excluding hydrogens is 270 g/mol. The molecule has 0 radical (unpaired) electrons. The van der Waals surface area contributed by atoms with Crippen molar-refractivity contribution in [2.75, 3.05) is 0 Å². The molecule has 0 saturated heterocycles. The van der Waals surface area contributed by atoms with Crippen molar-refractivity contribution in [2.24, 2.45) is 0 Å². The second-order valence-corrected chi connectivity index (χ2v) is 8.79. The lowest BCUT2D eigenvalue weighted by Crippen LogP contribution is -2.39. The second-order valence-electron chi connectivity index (χ2n) is 6.52. The van der Waals surface area contributed by atoms with Crippen molar-refractivity contribution >= 4 is 10.0 Å². The zero-order valence-electron chi connectivity index (χ0n) is 13.4. The van der Waals surface area contributed by atoms with Gasteiger partial charge in [-0.05, 0) is 26.7 Å². The smallest absolute Gasteiger partial charge is 0.212 e. The minimum atomic E-state index is -3.12. The summed E-state index contributed by atoms with van der Waals surface area (Å²) in [5, 5.41) is -0.327. The highest BCUT2D eigenvalue weighted by atomic mass is 32.2. The maximum absolute atomic E-state index is 12.0. The zero-order chi connectivity index (χ0) is 14.8. The van der Waals surface area contributed by atoms with Crippen LogP contribution in [0.4, 0.5) is 0 Å². The Morgan fingerprint density at radius 2 is 1.10 bits per heavy atom. The average molecular weight is 304 g/mol. The number of hydrogen-bond donors (Lipinski definition) is 1. The van der Waals surface area contributed by atoms with Crippen molar-refractivity contribution in [3.8, 4) is 0 Å². The van der Waals surface area contributed by atoms with Crippen LogP contribution in [-0.4, -0.2) is 19.7 Å². The predicted octanol–water partition coefficient (Wildman–Crippen LogP) is 4.38. The lowest BCUT2D eigenvalue weighted by atomic mass is 10.0. The average Bonchev–Trinajstić information content (AvgIpc) is 2.40. The SMILES string of the molecule is CC(C)S(=O)(=O)NC1CCCCCCCCCCCC1. The van der Waals surface area contributed by atoms with E-state index in [0.717, 1.165) is 25.7 Å². The lowest BCUT2D eigenvalue weighted by molar-refractivity contribution is 0.457. The highest BCUT2D eigenvalue weighted by molar-refractivity contribution is 7.90. The van der Waals surface area contributed by atoms with Gasteiger partial charge < -0.3 is 0 Å². The number of nitrogens with one attached hydrogen (secondary N) is 1. The molecule has 0 aromatic heterocycles. The molecule has 0 spiro atoms. The van der Waals surface area contributed by atoms with Gasteiger partial charge in [-0.25, -0.2) is 13.1 Å². The van der Waals surface area contributed by atoms with Crippen LogP contribution in [0.5, 0.6) is 0 Å². The number of sulfonamides is 1. The van der Waals surface area contributed by atoms with Gasteiger partial charge in [0.1, 0.15) is 0 Å². The van der Waals surface area contributed by atoms with E-state index in [9.17, 15) is 8.42 Å². The molecule has 1 aliphatic carbocycles. The molecule has 1 aliphatic rings. The van der Waals surface area contributed by atoms with Crippen LogP contribution in [0.1, 0.15) is 90.9 Å². The third-order valence-corrected chi connectivity index (χ3v) is 6.21. The first-order valence-electron chi connectivity index (χ1n) is 8.53. The van der Waals surface area contributed by atoms with Crippen LogP contribution in [0.15, 0.2) is 0 Å². The van der Waals surface area contributed by atoms with E-state index < -0.39 is 10.0 Å². The van der Waals surface area contributed by atoms with Crippen LogP contribution in [-0.2, 0) is 10.0 Å². The van der Waals surface area contributed by atoms with Gasteiger partial charge in [0.05, 0.1) is 5.25 Å². The number of hydrogen-bond acceptors (Lipinski definition) is 2. The first-order chi connectivity index (χ1) is 9.52. The zero-order valence-corrected chi connectivity index (χ0v) is 14.2. The molecule has 0 aliphatic heterocycles. The molecule has 20 heavy (non-hydrogen) atoms. The fourth-order valence-corrected chi connectivity index (χ4v) is 3.80. The van der Waals surface area contributed by atoms with Crippen molar-refractivity contribution in [1.82, 2.24) is 4.72 Å². The Morgan fingerprint density at radius 1 is 0.750 bits per heavy atom. The topological polar surface area (TPSA) is 46.2 Å². The highest BCUT2D eigenvalue weighted by Gasteiger charge is 2.20. The largest absolute Gasteiger partial charge is 0.214 e. The summed E-state index contributed by atoms with van der Waals surface area (Å²) < 4.78 is 27.0. The minimum absolute atomic E-state index is 0.156. The molecule has 1 rings (SSSR count). The molecule has 4 heteroatoms.